The number of ether oxygens (including phenoxy) is 2. The Morgan fingerprint density at radius 1 is 1.03 bits per heavy atom. The minimum atomic E-state index is -0.533. The maximum atomic E-state index is 13.4. The number of hydrogen-bond acceptors (Lipinski definition) is 5. The summed E-state index contributed by atoms with van der Waals surface area (Å²) in [6.07, 6.45) is 3.31. The van der Waals surface area contributed by atoms with E-state index in [0.717, 1.165) is 11.1 Å². The third-order valence-corrected chi connectivity index (χ3v) is 5.64. The lowest BCUT2D eigenvalue weighted by Gasteiger charge is -2.12. The number of fused-ring (bicyclic) bond motifs is 3. The highest BCUT2D eigenvalue weighted by molar-refractivity contribution is 6.06. The van der Waals surface area contributed by atoms with E-state index in [4.69, 9.17) is 9.47 Å². The van der Waals surface area contributed by atoms with E-state index >= 15 is 0 Å². The van der Waals surface area contributed by atoms with Crippen molar-refractivity contribution in [1.82, 2.24) is 14.0 Å². The molecule has 0 aliphatic rings. The van der Waals surface area contributed by atoms with Gasteiger partial charge in [0.1, 0.15) is 17.9 Å². The second-order valence-corrected chi connectivity index (χ2v) is 7.69. The van der Waals surface area contributed by atoms with Crippen LogP contribution in [0, 0.1) is 0 Å². The molecule has 0 N–H and O–H groups in total. The first-order valence-electron chi connectivity index (χ1n) is 10.4. The molecule has 2 aromatic carbocycles. The fourth-order valence-electron chi connectivity index (χ4n) is 3.93. The molecule has 0 saturated carbocycles. The fourth-order valence-corrected chi connectivity index (χ4v) is 3.93. The predicted molar refractivity (Wildman–Crippen MR) is 125 cm³/mol. The van der Waals surface area contributed by atoms with E-state index in [1.165, 1.54) is 11.5 Å². The van der Waals surface area contributed by atoms with Crippen molar-refractivity contribution in [1.29, 1.82) is 0 Å². The van der Waals surface area contributed by atoms with Gasteiger partial charge in [0, 0.05) is 18.8 Å². The molecule has 0 radical (unpaired) electrons. The molecule has 0 spiro atoms. The molecule has 0 saturated heterocycles. The van der Waals surface area contributed by atoms with Crippen molar-refractivity contribution in [3.8, 4) is 16.9 Å². The summed E-state index contributed by atoms with van der Waals surface area (Å²) in [4.78, 5) is 30.4. The van der Waals surface area contributed by atoms with E-state index in [0.29, 0.717) is 34.5 Å². The second kappa shape index (κ2) is 8.27. The zero-order valence-electron chi connectivity index (χ0n) is 18.2. The predicted octanol–water partition coefficient (Wildman–Crippen LogP) is 4.22. The van der Waals surface area contributed by atoms with Gasteiger partial charge in [-0.25, -0.2) is 9.78 Å². The third kappa shape index (κ3) is 3.63. The molecule has 0 unspecified atom stereocenters. The lowest BCUT2D eigenvalue weighted by atomic mass is 10.0. The Kier molecular flexibility index (Phi) is 5.14. The van der Waals surface area contributed by atoms with E-state index in [1.54, 1.807) is 18.6 Å². The lowest BCUT2D eigenvalue weighted by Crippen LogP contribution is -2.19. The van der Waals surface area contributed by atoms with Crippen molar-refractivity contribution < 1.29 is 14.3 Å². The summed E-state index contributed by atoms with van der Waals surface area (Å²) in [5, 5.41) is 0. The van der Waals surface area contributed by atoms with Gasteiger partial charge in [-0.1, -0.05) is 42.5 Å². The zero-order valence-corrected chi connectivity index (χ0v) is 18.2. The highest BCUT2D eigenvalue weighted by Crippen LogP contribution is 2.26. The molecule has 7 nitrogen and oxygen atoms in total. The molecule has 33 heavy (non-hydrogen) atoms. The van der Waals surface area contributed by atoms with Gasteiger partial charge < -0.3 is 14.0 Å². The summed E-state index contributed by atoms with van der Waals surface area (Å²) in [6.45, 7) is 0.450. The number of aromatic nitrogens is 3. The van der Waals surface area contributed by atoms with Crippen molar-refractivity contribution in [2.75, 3.05) is 7.11 Å². The standard InChI is InChI=1S/C26H21N3O4/c1-28-16-27-23-22(28)12-13-29-24(23)21(26(31)32-2)14-20(25(29)30)18-8-10-19(11-9-18)33-15-17-6-4-3-5-7-17/h3-14,16H,15H2,1-2H3. The van der Waals surface area contributed by atoms with E-state index < -0.39 is 5.97 Å². The summed E-state index contributed by atoms with van der Waals surface area (Å²) in [5.74, 6) is 0.154. The molecular formula is C26H21N3O4. The van der Waals surface area contributed by atoms with Gasteiger partial charge in [-0.05, 0) is 35.4 Å². The van der Waals surface area contributed by atoms with Crippen molar-refractivity contribution in [2.45, 2.75) is 6.61 Å². The Balaban J connectivity index is 1.58. The number of nitrogens with zero attached hydrogens (tertiary/aromatic N) is 3. The van der Waals surface area contributed by atoms with E-state index in [9.17, 15) is 9.59 Å². The van der Waals surface area contributed by atoms with Crippen LogP contribution < -0.4 is 10.3 Å². The SMILES string of the molecule is COC(=O)c1cc(-c2ccc(OCc3ccccc3)cc2)c(=O)n2ccc3c(ncn3C)c12. The number of rotatable bonds is 5. The van der Waals surface area contributed by atoms with Crippen LogP contribution >= 0.6 is 0 Å². The Morgan fingerprint density at radius 2 is 1.79 bits per heavy atom. The van der Waals surface area contributed by atoms with Gasteiger partial charge in [0.05, 0.1) is 30.0 Å². The molecule has 5 aromatic rings. The Bertz CT molecular complexity index is 1530. The van der Waals surface area contributed by atoms with Crippen molar-refractivity contribution in [3.05, 3.63) is 101 Å². The highest BCUT2D eigenvalue weighted by atomic mass is 16.5. The van der Waals surface area contributed by atoms with Crippen molar-refractivity contribution >= 4 is 22.5 Å². The fraction of sp³-hybridized carbons (Fsp3) is 0.115. The number of carbonyl (C=O) groups is 1. The number of methoxy groups -OCH3 is 1. The van der Waals surface area contributed by atoms with Crippen LogP contribution in [-0.4, -0.2) is 27.0 Å². The van der Waals surface area contributed by atoms with Crippen LogP contribution in [0.1, 0.15) is 15.9 Å². The van der Waals surface area contributed by atoms with Crippen molar-refractivity contribution in [3.63, 3.8) is 0 Å². The van der Waals surface area contributed by atoms with E-state index in [-0.39, 0.29) is 11.1 Å². The first-order valence-corrected chi connectivity index (χ1v) is 10.4. The van der Waals surface area contributed by atoms with Gasteiger partial charge in [0.25, 0.3) is 5.56 Å². The topological polar surface area (TPSA) is 74.8 Å². The van der Waals surface area contributed by atoms with Gasteiger partial charge in [0.15, 0.2) is 0 Å². The van der Waals surface area contributed by atoms with Crippen molar-refractivity contribution in [2.24, 2.45) is 7.05 Å². The zero-order chi connectivity index (χ0) is 22.9. The maximum absolute atomic E-state index is 13.4. The molecular weight excluding hydrogens is 418 g/mol. The maximum Gasteiger partial charge on any atom is 0.340 e. The van der Waals surface area contributed by atoms with Crippen LogP contribution in [0.5, 0.6) is 5.75 Å². The van der Waals surface area contributed by atoms with Crippen LogP contribution in [0.4, 0.5) is 0 Å². The van der Waals surface area contributed by atoms with Gasteiger partial charge >= 0.3 is 5.97 Å². The van der Waals surface area contributed by atoms with Crippen LogP contribution in [-0.2, 0) is 18.4 Å². The average Bonchev–Trinajstić information content (AvgIpc) is 3.24. The Hall–Kier alpha value is -4.39. The second-order valence-electron chi connectivity index (χ2n) is 7.69. The van der Waals surface area contributed by atoms with Gasteiger partial charge in [-0.3, -0.25) is 9.20 Å². The van der Waals surface area contributed by atoms with Gasteiger partial charge in [0.2, 0.25) is 0 Å². The first-order chi connectivity index (χ1) is 16.1. The largest absolute Gasteiger partial charge is 0.489 e. The number of aryl methyl sites for hydroxylation is 1. The summed E-state index contributed by atoms with van der Waals surface area (Å²) in [6, 6.07) is 20.5. The minimum Gasteiger partial charge on any atom is -0.489 e. The molecule has 3 heterocycles. The third-order valence-electron chi connectivity index (χ3n) is 5.64. The number of hydrogen-bond donors (Lipinski definition) is 0. The van der Waals surface area contributed by atoms with E-state index in [1.807, 2.05) is 72.3 Å². The molecule has 0 atom stereocenters. The smallest absolute Gasteiger partial charge is 0.340 e. The highest BCUT2D eigenvalue weighted by Gasteiger charge is 2.20. The van der Waals surface area contributed by atoms with Gasteiger partial charge in [-0.2, -0.15) is 0 Å². The molecule has 0 aliphatic carbocycles. The normalized spacial score (nSPS) is 11.1. The van der Waals surface area contributed by atoms with Crippen LogP contribution in [0.15, 0.2) is 84.0 Å². The molecule has 5 rings (SSSR count). The Labute approximate surface area is 189 Å². The lowest BCUT2D eigenvalue weighted by molar-refractivity contribution is 0.0602. The average molecular weight is 439 g/mol. The summed E-state index contributed by atoms with van der Waals surface area (Å²) in [5.41, 5.74) is 3.96. The van der Waals surface area contributed by atoms with E-state index in [2.05, 4.69) is 4.98 Å². The molecule has 0 amide bonds. The summed E-state index contributed by atoms with van der Waals surface area (Å²) >= 11 is 0. The molecule has 164 valence electrons. The van der Waals surface area contributed by atoms with Crippen LogP contribution in [0.2, 0.25) is 0 Å². The van der Waals surface area contributed by atoms with Crippen LogP contribution in [0.3, 0.4) is 0 Å². The Morgan fingerprint density at radius 3 is 2.52 bits per heavy atom. The summed E-state index contributed by atoms with van der Waals surface area (Å²) < 4.78 is 14.2. The molecule has 7 heteroatoms. The number of benzene rings is 2. The molecule has 0 bridgehead atoms. The number of pyridine rings is 2. The monoisotopic (exact) mass is 439 g/mol. The molecule has 3 aromatic heterocycles. The van der Waals surface area contributed by atoms with Gasteiger partial charge in [-0.15, -0.1) is 0 Å². The van der Waals surface area contributed by atoms with Crippen LogP contribution in [0.25, 0.3) is 27.7 Å². The number of esters is 1. The number of carbonyl (C=O) groups excluding carboxylic acids is 1. The molecule has 0 aliphatic heterocycles. The quantitative estimate of drug-likeness (QED) is 0.384. The molecule has 0 fully saturated rings. The summed E-state index contributed by atoms with van der Waals surface area (Å²) in [7, 11) is 3.18. The number of imidazole rings is 1. The first kappa shape index (κ1) is 20.5. The minimum absolute atomic E-state index is 0.247.